The number of aromatic nitrogens is 3. The zero-order valence-electron chi connectivity index (χ0n) is 16.1. The topological polar surface area (TPSA) is 92.3 Å². The monoisotopic (exact) mass is 402 g/mol. The summed E-state index contributed by atoms with van der Waals surface area (Å²) in [5.41, 5.74) is 1.68. The first-order chi connectivity index (χ1) is 13.7. The first kappa shape index (κ1) is 19.2. The minimum Gasteiger partial charge on any atom is -0.377 e. The van der Waals surface area contributed by atoms with Crippen LogP contribution < -0.4 is 10.6 Å². The van der Waals surface area contributed by atoms with Crippen molar-refractivity contribution in [3.05, 3.63) is 33.7 Å². The molecule has 2 N–H and O–H groups in total. The average Bonchev–Trinajstić information content (AvgIpc) is 3.04. The molecule has 1 fully saturated rings. The predicted octanol–water partition coefficient (Wildman–Crippen LogP) is 1.62. The van der Waals surface area contributed by atoms with Gasteiger partial charge in [-0.1, -0.05) is 0 Å². The molecule has 0 spiro atoms. The Morgan fingerprint density at radius 3 is 3.07 bits per heavy atom. The Labute approximate surface area is 168 Å². The molecule has 150 valence electrons. The van der Waals surface area contributed by atoms with Gasteiger partial charge >= 0.3 is 0 Å². The minimum absolute atomic E-state index is 0.155. The number of nitrogens with zero attached hydrogens (tertiary/aromatic N) is 4. The van der Waals surface area contributed by atoms with Crippen LogP contribution in [0.5, 0.6) is 0 Å². The van der Waals surface area contributed by atoms with Gasteiger partial charge < -0.3 is 15.4 Å². The molecule has 2 aliphatic heterocycles. The molecule has 0 radical (unpaired) electrons. The van der Waals surface area contributed by atoms with Gasteiger partial charge in [0.15, 0.2) is 0 Å². The minimum atomic E-state index is -0.155. The Morgan fingerprint density at radius 2 is 2.25 bits per heavy atom. The van der Waals surface area contributed by atoms with Crippen molar-refractivity contribution in [1.29, 1.82) is 0 Å². The molecule has 0 saturated carbocycles. The number of unbranched alkanes of at least 4 members (excludes halogenated alkanes) is 1. The van der Waals surface area contributed by atoms with Gasteiger partial charge in [0.25, 0.3) is 5.91 Å². The van der Waals surface area contributed by atoms with Gasteiger partial charge in [-0.3, -0.25) is 9.69 Å². The van der Waals surface area contributed by atoms with E-state index in [0.717, 1.165) is 38.9 Å². The van der Waals surface area contributed by atoms with E-state index in [2.05, 4.69) is 37.4 Å². The maximum Gasteiger partial charge on any atom is 0.270 e. The van der Waals surface area contributed by atoms with Crippen LogP contribution >= 0.6 is 11.3 Å². The van der Waals surface area contributed by atoms with Crippen molar-refractivity contribution in [2.24, 2.45) is 0 Å². The van der Waals surface area contributed by atoms with E-state index in [9.17, 15) is 4.79 Å². The number of aryl methyl sites for hydroxylation is 1. The molecule has 9 heteroatoms. The van der Waals surface area contributed by atoms with Gasteiger partial charge in [-0.25, -0.2) is 15.0 Å². The van der Waals surface area contributed by atoms with Crippen LogP contribution in [0.1, 0.15) is 38.9 Å². The quantitative estimate of drug-likeness (QED) is 0.648. The zero-order valence-corrected chi connectivity index (χ0v) is 16.9. The van der Waals surface area contributed by atoms with E-state index < -0.39 is 0 Å². The molecule has 2 aromatic rings. The van der Waals surface area contributed by atoms with Crippen LogP contribution in [0.15, 0.2) is 12.4 Å². The maximum absolute atomic E-state index is 12.3. The second kappa shape index (κ2) is 8.93. The second-order valence-electron chi connectivity index (χ2n) is 7.26. The van der Waals surface area contributed by atoms with Gasteiger partial charge in [0.2, 0.25) is 0 Å². The van der Waals surface area contributed by atoms with Crippen molar-refractivity contribution in [2.75, 3.05) is 38.2 Å². The third kappa shape index (κ3) is 4.84. The lowest BCUT2D eigenvalue weighted by molar-refractivity contribution is 0.0209. The van der Waals surface area contributed by atoms with Crippen LogP contribution in [0.25, 0.3) is 0 Å². The second-order valence-corrected chi connectivity index (χ2v) is 8.55. The number of hydrogen-bond acceptors (Lipinski definition) is 8. The van der Waals surface area contributed by atoms with Crippen molar-refractivity contribution in [3.63, 3.8) is 0 Å². The van der Waals surface area contributed by atoms with Crippen LogP contribution in [0, 0.1) is 6.92 Å². The van der Waals surface area contributed by atoms with Crippen LogP contribution in [-0.2, 0) is 17.7 Å². The molecule has 0 aromatic carbocycles. The van der Waals surface area contributed by atoms with Crippen molar-refractivity contribution >= 4 is 23.1 Å². The lowest BCUT2D eigenvalue weighted by Crippen LogP contribution is -2.40. The number of ether oxygens (including phenoxy) is 1. The summed E-state index contributed by atoms with van der Waals surface area (Å²) >= 11 is 1.81. The summed E-state index contributed by atoms with van der Waals surface area (Å²) in [6.07, 6.45) is 4.48. The summed E-state index contributed by atoms with van der Waals surface area (Å²) in [6.45, 7) is 7.21. The molecule has 8 nitrogen and oxygen atoms in total. The highest BCUT2D eigenvalue weighted by Crippen LogP contribution is 2.24. The maximum atomic E-state index is 12.3. The van der Waals surface area contributed by atoms with Gasteiger partial charge in [-0.15, -0.1) is 11.3 Å². The fourth-order valence-corrected chi connectivity index (χ4v) is 4.43. The zero-order chi connectivity index (χ0) is 19.3. The van der Waals surface area contributed by atoms with Gasteiger partial charge in [-0.05, 0) is 26.3 Å². The highest BCUT2D eigenvalue weighted by atomic mass is 32.1. The molecule has 2 aliphatic rings. The Balaban J connectivity index is 1.15. The molecule has 0 bridgehead atoms. The molecule has 1 saturated heterocycles. The Kier molecular flexibility index (Phi) is 6.13. The molecule has 0 aliphatic carbocycles. The van der Waals surface area contributed by atoms with Crippen molar-refractivity contribution in [3.8, 4) is 0 Å². The Morgan fingerprint density at radius 1 is 1.36 bits per heavy atom. The fraction of sp³-hybridized carbons (Fsp3) is 0.579. The largest absolute Gasteiger partial charge is 0.377 e. The van der Waals surface area contributed by atoms with E-state index in [1.165, 1.54) is 21.9 Å². The van der Waals surface area contributed by atoms with Gasteiger partial charge in [0.05, 0.1) is 30.0 Å². The summed E-state index contributed by atoms with van der Waals surface area (Å²) in [5, 5.41) is 7.35. The van der Waals surface area contributed by atoms with E-state index in [-0.39, 0.29) is 11.9 Å². The van der Waals surface area contributed by atoms with Gasteiger partial charge in [0, 0.05) is 37.0 Å². The van der Waals surface area contributed by atoms with Crippen LogP contribution in [0.4, 0.5) is 5.82 Å². The number of anilines is 1. The summed E-state index contributed by atoms with van der Waals surface area (Å²) in [4.78, 5) is 29.0. The number of thiazole rings is 1. The molecule has 4 rings (SSSR count). The smallest absolute Gasteiger partial charge is 0.270 e. The normalized spacial score (nSPS) is 17.0. The number of carbonyl (C=O) groups is 1. The van der Waals surface area contributed by atoms with Crippen LogP contribution in [0.2, 0.25) is 0 Å². The average molecular weight is 403 g/mol. The SMILES string of the molecule is Cc1nc2c(s1)CN(CCCCNC(=O)c1cc(NC3COC3)ncn1)CC2. The highest BCUT2D eigenvalue weighted by molar-refractivity contribution is 7.11. The summed E-state index contributed by atoms with van der Waals surface area (Å²) in [6, 6.07) is 1.96. The summed E-state index contributed by atoms with van der Waals surface area (Å²) in [7, 11) is 0. The molecular formula is C19H26N6O2S. The first-order valence-electron chi connectivity index (χ1n) is 9.79. The van der Waals surface area contributed by atoms with E-state index >= 15 is 0 Å². The lowest BCUT2D eigenvalue weighted by atomic mass is 10.1. The highest BCUT2D eigenvalue weighted by Gasteiger charge is 2.20. The number of amides is 1. The first-order valence-corrected chi connectivity index (χ1v) is 10.6. The Hall–Kier alpha value is -2.10. The summed E-state index contributed by atoms with van der Waals surface area (Å²) < 4.78 is 5.13. The fourth-order valence-electron chi connectivity index (χ4n) is 3.41. The summed E-state index contributed by atoms with van der Waals surface area (Å²) in [5.74, 6) is 0.509. The molecule has 0 unspecified atom stereocenters. The molecule has 4 heterocycles. The predicted molar refractivity (Wildman–Crippen MR) is 108 cm³/mol. The van der Waals surface area contributed by atoms with Crippen LogP contribution in [-0.4, -0.2) is 64.6 Å². The number of nitrogens with one attached hydrogen (secondary N) is 2. The van der Waals surface area contributed by atoms with Gasteiger partial charge in [0.1, 0.15) is 17.8 Å². The number of rotatable bonds is 8. The van der Waals surface area contributed by atoms with E-state index in [1.54, 1.807) is 6.07 Å². The van der Waals surface area contributed by atoms with E-state index in [4.69, 9.17) is 4.74 Å². The number of carbonyl (C=O) groups excluding carboxylic acids is 1. The van der Waals surface area contributed by atoms with Crippen LogP contribution in [0.3, 0.4) is 0 Å². The number of fused-ring (bicyclic) bond motifs is 1. The third-order valence-electron chi connectivity index (χ3n) is 4.99. The van der Waals surface area contributed by atoms with Crippen molar-refractivity contribution in [2.45, 2.75) is 38.8 Å². The lowest BCUT2D eigenvalue weighted by Gasteiger charge is -2.27. The molecule has 1 amide bonds. The molecular weight excluding hydrogens is 376 g/mol. The molecule has 0 atom stereocenters. The van der Waals surface area contributed by atoms with Crippen molar-refractivity contribution < 1.29 is 9.53 Å². The Bertz CT molecular complexity index is 823. The standard InChI is InChI=1S/C19H26N6O2S/c1-13-23-15-4-7-25(9-17(15)28-13)6-3-2-5-20-19(26)16-8-18(22-12-21-16)24-14-10-27-11-14/h8,12,14H,2-7,9-11H2,1H3,(H,20,26)(H,21,22,24). The van der Waals surface area contributed by atoms with Crippen molar-refractivity contribution in [1.82, 2.24) is 25.2 Å². The van der Waals surface area contributed by atoms with Gasteiger partial charge in [-0.2, -0.15) is 0 Å². The van der Waals surface area contributed by atoms with E-state index in [1.807, 2.05) is 11.3 Å². The molecule has 2 aromatic heterocycles. The molecule has 28 heavy (non-hydrogen) atoms. The van der Waals surface area contributed by atoms with E-state index in [0.29, 0.717) is 31.3 Å². The number of hydrogen-bond donors (Lipinski definition) is 2. The third-order valence-corrected chi connectivity index (χ3v) is 5.99.